The van der Waals surface area contributed by atoms with E-state index in [9.17, 15) is 4.79 Å². The van der Waals surface area contributed by atoms with Crippen LogP contribution in [-0.4, -0.2) is 10.9 Å². The van der Waals surface area contributed by atoms with Crippen LogP contribution < -0.4 is 11.1 Å². The summed E-state index contributed by atoms with van der Waals surface area (Å²) in [6.45, 7) is 0. The van der Waals surface area contributed by atoms with Gasteiger partial charge >= 0.3 is 0 Å². The third-order valence-electron chi connectivity index (χ3n) is 4.59. The Morgan fingerprint density at radius 1 is 0.933 bits per heavy atom. The van der Waals surface area contributed by atoms with Crippen molar-refractivity contribution in [1.29, 1.82) is 0 Å². The predicted octanol–water partition coefficient (Wildman–Crippen LogP) is 5.76. The van der Waals surface area contributed by atoms with Gasteiger partial charge in [-0.2, -0.15) is 0 Å². The van der Waals surface area contributed by atoms with Crippen molar-refractivity contribution in [3.8, 4) is 0 Å². The molecule has 0 saturated heterocycles. The molecule has 4 aromatic rings. The Hall–Kier alpha value is -3.57. The van der Waals surface area contributed by atoms with Crippen LogP contribution in [-0.2, 0) is 10.5 Å². The summed E-state index contributed by atoms with van der Waals surface area (Å²) in [5, 5.41) is 4.94. The zero-order chi connectivity index (χ0) is 20.8. The van der Waals surface area contributed by atoms with Gasteiger partial charge in [-0.15, -0.1) is 11.8 Å². The molecule has 1 heterocycles. The molecule has 3 aromatic carbocycles. The summed E-state index contributed by atoms with van der Waals surface area (Å²) < 4.78 is 0. The number of thioether (sulfide) groups is 1. The van der Waals surface area contributed by atoms with E-state index >= 15 is 0 Å². The fourth-order valence-corrected chi connectivity index (χ4v) is 3.80. The molecule has 0 spiro atoms. The van der Waals surface area contributed by atoms with Crippen LogP contribution in [0, 0.1) is 0 Å². The zero-order valence-corrected chi connectivity index (χ0v) is 17.1. The molecule has 5 heteroatoms. The first kappa shape index (κ1) is 19.7. The molecular weight excluding hydrogens is 390 g/mol. The number of nitrogens with zero attached hydrogens (tertiary/aromatic N) is 1. The number of fused-ring (bicyclic) bond motifs is 1. The highest BCUT2D eigenvalue weighted by molar-refractivity contribution is 7.98. The predicted molar refractivity (Wildman–Crippen MR) is 126 cm³/mol. The van der Waals surface area contributed by atoms with Crippen molar-refractivity contribution in [3.63, 3.8) is 0 Å². The lowest BCUT2D eigenvalue weighted by Crippen LogP contribution is -2.09. The van der Waals surface area contributed by atoms with Crippen LogP contribution >= 0.6 is 11.8 Å². The number of benzene rings is 3. The number of amides is 1. The molecule has 0 fully saturated rings. The highest BCUT2D eigenvalue weighted by atomic mass is 32.2. The molecule has 0 aliphatic carbocycles. The molecule has 0 aliphatic heterocycles. The molecule has 4 rings (SSSR count). The zero-order valence-electron chi connectivity index (χ0n) is 16.3. The molecule has 3 N–H and O–H groups in total. The molecule has 0 saturated carbocycles. The van der Waals surface area contributed by atoms with E-state index < -0.39 is 0 Å². The summed E-state index contributed by atoms with van der Waals surface area (Å²) in [5.41, 5.74) is 10.2. The van der Waals surface area contributed by atoms with Crippen molar-refractivity contribution in [2.45, 2.75) is 10.8 Å². The fourth-order valence-electron chi connectivity index (χ4n) is 2.97. The Morgan fingerprint density at radius 3 is 2.53 bits per heavy atom. The Labute approximate surface area is 179 Å². The largest absolute Gasteiger partial charge is 0.397 e. The first-order valence-corrected chi connectivity index (χ1v) is 10.6. The van der Waals surface area contributed by atoms with Gasteiger partial charge in [0.1, 0.15) is 0 Å². The molecule has 148 valence electrons. The van der Waals surface area contributed by atoms with Gasteiger partial charge in [-0.3, -0.25) is 4.79 Å². The van der Waals surface area contributed by atoms with E-state index in [-0.39, 0.29) is 5.91 Å². The SMILES string of the molecule is Nc1ccccc1NC(=O)/C=C\c1ccc(CSc2ccc3ccccc3n2)cc1. The number of para-hydroxylation sites is 3. The van der Waals surface area contributed by atoms with E-state index in [0.717, 1.165) is 27.2 Å². The minimum absolute atomic E-state index is 0.213. The van der Waals surface area contributed by atoms with Gasteiger partial charge in [0.25, 0.3) is 0 Å². The van der Waals surface area contributed by atoms with Gasteiger partial charge in [0.05, 0.1) is 21.9 Å². The smallest absolute Gasteiger partial charge is 0.248 e. The number of hydrogen-bond donors (Lipinski definition) is 2. The van der Waals surface area contributed by atoms with Crippen LogP contribution in [0.4, 0.5) is 11.4 Å². The highest BCUT2D eigenvalue weighted by Gasteiger charge is 2.02. The third-order valence-corrected chi connectivity index (χ3v) is 5.59. The van der Waals surface area contributed by atoms with Gasteiger partial charge in [-0.25, -0.2) is 4.98 Å². The molecular formula is C25H21N3OS. The van der Waals surface area contributed by atoms with Crippen LogP contribution in [0.1, 0.15) is 11.1 Å². The lowest BCUT2D eigenvalue weighted by Gasteiger charge is -2.05. The number of nitrogen functional groups attached to an aromatic ring is 1. The first-order chi connectivity index (χ1) is 14.7. The lowest BCUT2D eigenvalue weighted by atomic mass is 10.1. The quantitative estimate of drug-likeness (QED) is 0.240. The van der Waals surface area contributed by atoms with Crippen LogP contribution in [0.5, 0.6) is 0 Å². The van der Waals surface area contributed by atoms with Gasteiger partial charge in [0.15, 0.2) is 0 Å². The molecule has 0 aliphatic rings. The standard InChI is InChI=1S/C25H21N3OS/c26-21-6-2-4-8-23(21)27-24(29)15-13-18-9-11-19(12-10-18)17-30-25-16-14-20-5-1-3-7-22(20)28-25/h1-16H,17,26H2,(H,27,29)/b15-13-. The van der Waals surface area contributed by atoms with Crippen LogP contribution in [0.25, 0.3) is 17.0 Å². The second-order valence-electron chi connectivity index (χ2n) is 6.78. The molecule has 0 atom stereocenters. The Balaban J connectivity index is 1.33. The minimum Gasteiger partial charge on any atom is -0.397 e. The number of carbonyl (C=O) groups is 1. The minimum atomic E-state index is -0.213. The summed E-state index contributed by atoms with van der Waals surface area (Å²) in [7, 11) is 0. The van der Waals surface area contributed by atoms with E-state index in [2.05, 4.69) is 35.6 Å². The fraction of sp³-hybridized carbons (Fsp3) is 0.0400. The van der Waals surface area contributed by atoms with Gasteiger partial charge in [-0.05, 0) is 41.5 Å². The summed E-state index contributed by atoms with van der Waals surface area (Å²) in [6, 6.07) is 27.6. The molecule has 30 heavy (non-hydrogen) atoms. The van der Waals surface area contributed by atoms with E-state index in [1.54, 1.807) is 30.0 Å². The molecule has 4 nitrogen and oxygen atoms in total. The maximum absolute atomic E-state index is 12.1. The number of hydrogen-bond acceptors (Lipinski definition) is 4. The number of anilines is 2. The van der Waals surface area contributed by atoms with E-state index in [1.807, 2.05) is 42.5 Å². The van der Waals surface area contributed by atoms with Crippen molar-refractivity contribution in [3.05, 3.63) is 102 Å². The van der Waals surface area contributed by atoms with Gasteiger partial charge < -0.3 is 11.1 Å². The first-order valence-electron chi connectivity index (χ1n) is 9.58. The van der Waals surface area contributed by atoms with Gasteiger partial charge in [0.2, 0.25) is 5.91 Å². The van der Waals surface area contributed by atoms with Crippen LogP contribution in [0.3, 0.4) is 0 Å². The maximum Gasteiger partial charge on any atom is 0.248 e. The molecule has 1 aromatic heterocycles. The molecule has 0 radical (unpaired) electrons. The number of pyridine rings is 1. The number of rotatable bonds is 6. The van der Waals surface area contributed by atoms with Crippen LogP contribution in [0.15, 0.2) is 96.0 Å². The van der Waals surface area contributed by atoms with E-state index in [4.69, 9.17) is 10.7 Å². The Bertz CT molecular complexity index is 1200. The number of carbonyl (C=O) groups excluding carboxylic acids is 1. The van der Waals surface area contributed by atoms with Crippen molar-refractivity contribution in [2.24, 2.45) is 0 Å². The van der Waals surface area contributed by atoms with Crippen molar-refractivity contribution >= 4 is 46.0 Å². The van der Waals surface area contributed by atoms with Gasteiger partial charge in [-0.1, -0.05) is 60.7 Å². The second kappa shape index (κ2) is 9.29. The normalized spacial score (nSPS) is 11.1. The Kier molecular flexibility index (Phi) is 6.11. The number of nitrogens with two attached hydrogens (primary N) is 1. The molecule has 0 bridgehead atoms. The summed E-state index contributed by atoms with van der Waals surface area (Å²) >= 11 is 1.71. The maximum atomic E-state index is 12.1. The van der Waals surface area contributed by atoms with Crippen molar-refractivity contribution in [2.75, 3.05) is 11.1 Å². The summed E-state index contributed by atoms with van der Waals surface area (Å²) in [5.74, 6) is 0.623. The summed E-state index contributed by atoms with van der Waals surface area (Å²) in [6.07, 6.45) is 3.30. The average Bonchev–Trinajstić information content (AvgIpc) is 2.78. The van der Waals surface area contributed by atoms with E-state index in [1.165, 1.54) is 11.6 Å². The summed E-state index contributed by atoms with van der Waals surface area (Å²) in [4.78, 5) is 16.8. The third kappa shape index (κ3) is 5.07. The van der Waals surface area contributed by atoms with Crippen molar-refractivity contribution in [1.82, 2.24) is 4.98 Å². The molecule has 0 unspecified atom stereocenters. The van der Waals surface area contributed by atoms with Crippen molar-refractivity contribution < 1.29 is 4.79 Å². The average molecular weight is 412 g/mol. The number of nitrogens with one attached hydrogen (secondary N) is 1. The monoisotopic (exact) mass is 411 g/mol. The highest BCUT2D eigenvalue weighted by Crippen LogP contribution is 2.24. The topological polar surface area (TPSA) is 68.0 Å². The van der Waals surface area contributed by atoms with Crippen LogP contribution in [0.2, 0.25) is 0 Å². The molecule has 1 amide bonds. The van der Waals surface area contributed by atoms with Gasteiger partial charge in [0, 0.05) is 17.2 Å². The van der Waals surface area contributed by atoms with E-state index in [0.29, 0.717) is 11.4 Å². The lowest BCUT2D eigenvalue weighted by molar-refractivity contribution is -0.111. The Morgan fingerprint density at radius 2 is 1.70 bits per heavy atom. The second-order valence-corrected chi connectivity index (χ2v) is 7.78. The number of aromatic nitrogens is 1.